The van der Waals surface area contributed by atoms with Crippen molar-refractivity contribution >= 4 is 15.7 Å². The van der Waals surface area contributed by atoms with Gasteiger partial charge in [0.1, 0.15) is 0 Å². The van der Waals surface area contributed by atoms with Gasteiger partial charge in [-0.1, -0.05) is 13.0 Å². The Kier molecular flexibility index (Phi) is 4.59. The molecule has 0 saturated carbocycles. The van der Waals surface area contributed by atoms with Crippen LogP contribution in [-0.4, -0.2) is 13.4 Å². The second-order valence-electron chi connectivity index (χ2n) is 4.85. The topological polar surface area (TPSA) is 85.1 Å². The number of pyridine rings is 1. The van der Waals surface area contributed by atoms with Gasteiger partial charge in [-0.2, -0.15) is 0 Å². The van der Waals surface area contributed by atoms with Gasteiger partial charge in [0, 0.05) is 24.6 Å². The number of nitrogens with one attached hydrogen (secondary N) is 1. The van der Waals surface area contributed by atoms with E-state index in [9.17, 15) is 8.42 Å². The van der Waals surface area contributed by atoms with Gasteiger partial charge in [0.05, 0.1) is 4.90 Å². The number of hydrogen-bond acceptors (Lipinski definition) is 4. The van der Waals surface area contributed by atoms with Crippen LogP contribution >= 0.6 is 0 Å². The zero-order valence-electron chi connectivity index (χ0n) is 12.1. The lowest BCUT2D eigenvalue weighted by Gasteiger charge is -2.12. The number of hydrogen-bond donors (Lipinski definition) is 2. The number of benzene rings is 1. The fraction of sp³-hybridized carbons (Fsp3) is 0.267. The lowest BCUT2D eigenvalue weighted by molar-refractivity contribution is 0.580. The molecule has 0 fully saturated rings. The predicted molar refractivity (Wildman–Crippen MR) is 83.2 cm³/mol. The monoisotopic (exact) mass is 305 g/mol. The minimum Gasteiger partial charge on any atom is -0.399 e. The van der Waals surface area contributed by atoms with E-state index in [1.165, 1.54) is 6.07 Å². The van der Waals surface area contributed by atoms with E-state index < -0.39 is 10.0 Å². The van der Waals surface area contributed by atoms with E-state index in [1.54, 1.807) is 24.5 Å². The summed E-state index contributed by atoms with van der Waals surface area (Å²) in [4.78, 5) is 4.25. The fourth-order valence-electron chi connectivity index (χ4n) is 2.05. The fourth-order valence-corrected chi connectivity index (χ4v) is 3.40. The van der Waals surface area contributed by atoms with E-state index in [1.807, 2.05) is 19.9 Å². The van der Waals surface area contributed by atoms with Crippen molar-refractivity contribution in [1.29, 1.82) is 0 Å². The first kappa shape index (κ1) is 15.5. The van der Waals surface area contributed by atoms with Crippen LogP contribution < -0.4 is 10.5 Å². The molecular formula is C15H19N3O2S. The van der Waals surface area contributed by atoms with Crippen molar-refractivity contribution in [3.63, 3.8) is 0 Å². The summed E-state index contributed by atoms with van der Waals surface area (Å²) in [5, 5.41) is 0. The summed E-state index contributed by atoms with van der Waals surface area (Å²) in [6.07, 6.45) is 3.97. The van der Waals surface area contributed by atoms with Crippen LogP contribution in [0.15, 0.2) is 41.6 Å². The smallest absolute Gasteiger partial charge is 0.241 e. The first-order chi connectivity index (χ1) is 9.94. The molecule has 0 saturated heterocycles. The van der Waals surface area contributed by atoms with Crippen LogP contribution in [0.25, 0.3) is 0 Å². The summed E-state index contributed by atoms with van der Waals surface area (Å²) >= 11 is 0. The molecule has 1 aromatic heterocycles. The van der Waals surface area contributed by atoms with E-state index in [0.29, 0.717) is 12.1 Å². The maximum atomic E-state index is 12.5. The number of aryl methyl sites for hydroxylation is 2. The molecule has 1 aromatic carbocycles. The molecule has 0 radical (unpaired) electrons. The van der Waals surface area contributed by atoms with E-state index in [4.69, 9.17) is 5.73 Å². The predicted octanol–water partition coefficient (Wildman–Crippen LogP) is 2.01. The standard InChI is InChI=1S/C15H19N3O2S/c1-3-12-4-5-14(16)8-15(12)21(19,20)18-10-13-9-17-7-6-11(13)2/h4-9,18H,3,10,16H2,1-2H3. The summed E-state index contributed by atoms with van der Waals surface area (Å²) in [7, 11) is -3.60. The van der Waals surface area contributed by atoms with Gasteiger partial charge in [0.15, 0.2) is 0 Å². The Morgan fingerprint density at radius 2 is 2.00 bits per heavy atom. The summed E-state index contributed by atoms with van der Waals surface area (Å²) in [5.74, 6) is 0. The van der Waals surface area contributed by atoms with Crippen LogP contribution in [0.4, 0.5) is 5.69 Å². The molecule has 0 amide bonds. The molecule has 2 rings (SSSR count). The van der Waals surface area contributed by atoms with Gasteiger partial charge in [0.2, 0.25) is 10.0 Å². The Balaban J connectivity index is 2.27. The molecule has 0 atom stereocenters. The highest BCUT2D eigenvalue weighted by molar-refractivity contribution is 7.89. The minimum atomic E-state index is -3.60. The van der Waals surface area contributed by atoms with E-state index in [2.05, 4.69) is 9.71 Å². The van der Waals surface area contributed by atoms with Gasteiger partial charge in [0.25, 0.3) is 0 Å². The number of rotatable bonds is 5. The lowest BCUT2D eigenvalue weighted by atomic mass is 10.1. The van der Waals surface area contributed by atoms with Gasteiger partial charge in [-0.3, -0.25) is 4.98 Å². The molecule has 2 aromatic rings. The van der Waals surface area contributed by atoms with Crippen LogP contribution in [0.1, 0.15) is 23.6 Å². The highest BCUT2D eigenvalue weighted by Gasteiger charge is 2.18. The van der Waals surface area contributed by atoms with Crippen molar-refractivity contribution in [2.45, 2.75) is 31.7 Å². The average Bonchev–Trinajstić information content (AvgIpc) is 2.46. The number of anilines is 1. The Morgan fingerprint density at radius 3 is 2.67 bits per heavy atom. The molecule has 3 N–H and O–H groups in total. The number of nitrogens with two attached hydrogens (primary N) is 1. The van der Waals surface area contributed by atoms with Crippen molar-refractivity contribution in [1.82, 2.24) is 9.71 Å². The quantitative estimate of drug-likeness (QED) is 0.828. The molecule has 0 aliphatic heterocycles. The van der Waals surface area contributed by atoms with Crippen LogP contribution in [0.3, 0.4) is 0 Å². The summed E-state index contributed by atoms with van der Waals surface area (Å²) < 4.78 is 27.5. The molecule has 5 nitrogen and oxygen atoms in total. The summed E-state index contributed by atoms with van der Waals surface area (Å²) in [6, 6.07) is 6.81. The van der Waals surface area contributed by atoms with Crippen LogP contribution in [0.5, 0.6) is 0 Å². The Morgan fingerprint density at radius 1 is 1.24 bits per heavy atom. The Hall–Kier alpha value is -1.92. The molecular weight excluding hydrogens is 286 g/mol. The zero-order valence-corrected chi connectivity index (χ0v) is 12.9. The number of aromatic nitrogens is 1. The van der Waals surface area contributed by atoms with Gasteiger partial charge in [-0.05, 0) is 48.2 Å². The second-order valence-corrected chi connectivity index (χ2v) is 6.58. The number of nitrogen functional groups attached to an aromatic ring is 1. The Bertz CT molecular complexity index is 742. The molecule has 21 heavy (non-hydrogen) atoms. The molecule has 0 spiro atoms. The zero-order chi connectivity index (χ0) is 15.5. The highest BCUT2D eigenvalue weighted by atomic mass is 32.2. The molecule has 1 heterocycles. The molecule has 0 bridgehead atoms. The number of nitrogens with zero attached hydrogens (tertiary/aromatic N) is 1. The van der Waals surface area contributed by atoms with E-state index >= 15 is 0 Å². The lowest BCUT2D eigenvalue weighted by Crippen LogP contribution is -2.25. The number of sulfonamides is 1. The first-order valence-electron chi connectivity index (χ1n) is 6.71. The van der Waals surface area contributed by atoms with Crippen molar-refractivity contribution in [2.75, 3.05) is 5.73 Å². The normalized spacial score (nSPS) is 11.5. The molecule has 6 heteroatoms. The Labute approximate surface area is 125 Å². The van der Waals surface area contributed by atoms with E-state index in [0.717, 1.165) is 16.7 Å². The largest absolute Gasteiger partial charge is 0.399 e. The van der Waals surface area contributed by atoms with Gasteiger partial charge in [-0.15, -0.1) is 0 Å². The third kappa shape index (κ3) is 3.59. The van der Waals surface area contributed by atoms with Gasteiger partial charge >= 0.3 is 0 Å². The molecule has 112 valence electrons. The summed E-state index contributed by atoms with van der Waals surface area (Å²) in [6.45, 7) is 4.04. The molecule has 0 unspecified atom stereocenters. The summed E-state index contributed by atoms with van der Waals surface area (Å²) in [5.41, 5.74) is 8.74. The maximum Gasteiger partial charge on any atom is 0.241 e. The van der Waals surface area contributed by atoms with Gasteiger partial charge < -0.3 is 5.73 Å². The van der Waals surface area contributed by atoms with Gasteiger partial charge in [-0.25, -0.2) is 13.1 Å². The third-order valence-electron chi connectivity index (χ3n) is 3.36. The third-order valence-corrected chi connectivity index (χ3v) is 4.85. The van der Waals surface area contributed by atoms with Crippen molar-refractivity contribution in [3.05, 3.63) is 53.3 Å². The van der Waals surface area contributed by atoms with Crippen molar-refractivity contribution in [2.24, 2.45) is 0 Å². The highest BCUT2D eigenvalue weighted by Crippen LogP contribution is 2.20. The minimum absolute atomic E-state index is 0.208. The van der Waals surface area contributed by atoms with Crippen LogP contribution in [-0.2, 0) is 23.0 Å². The maximum absolute atomic E-state index is 12.5. The van der Waals surface area contributed by atoms with Crippen molar-refractivity contribution in [3.8, 4) is 0 Å². The SMILES string of the molecule is CCc1ccc(N)cc1S(=O)(=O)NCc1cnccc1C. The second kappa shape index (κ2) is 6.24. The average molecular weight is 305 g/mol. The van der Waals surface area contributed by atoms with Crippen LogP contribution in [0, 0.1) is 6.92 Å². The van der Waals surface area contributed by atoms with Crippen LogP contribution in [0.2, 0.25) is 0 Å². The van der Waals surface area contributed by atoms with Crippen molar-refractivity contribution < 1.29 is 8.42 Å². The van der Waals surface area contributed by atoms with E-state index in [-0.39, 0.29) is 11.4 Å². The molecule has 0 aliphatic carbocycles. The first-order valence-corrected chi connectivity index (χ1v) is 8.20. The molecule has 0 aliphatic rings.